The monoisotopic (exact) mass is 197 g/mol. The quantitative estimate of drug-likeness (QED) is 0.416. The first-order valence-electron chi connectivity index (χ1n) is 3.86. The molecular formula is C9H11NO2S. The van der Waals surface area contributed by atoms with Crippen LogP contribution in [0.4, 0.5) is 5.69 Å². The molecule has 0 heterocycles. The summed E-state index contributed by atoms with van der Waals surface area (Å²) in [5.41, 5.74) is 2.12. The molecule has 0 aliphatic heterocycles. The van der Waals surface area contributed by atoms with Gasteiger partial charge in [0, 0.05) is 17.0 Å². The van der Waals surface area contributed by atoms with Crippen LogP contribution in [0.25, 0.3) is 0 Å². The minimum absolute atomic E-state index is 0.174. The molecule has 3 nitrogen and oxygen atoms in total. The van der Waals surface area contributed by atoms with Gasteiger partial charge in [-0.05, 0) is 31.2 Å². The molecule has 0 N–H and O–H groups in total. The van der Waals surface area contributed by atoms with Crippen LogP contribution in [0.5, 0.6) is 0 Å². The Kier molecular flexibility index (Phi) is 2.93. The van der Waals surface area contributed by atoms with Gasteiger partial charge >= 0.3 is 0 Å². The van der Waals surface area contributed by atoms with Crippen LogP contribution in [0.3, 0.4) is 0 Å². The molecule has 1 aromatic carbocycles. The average Bonchev–Trinajstić information content (AvgIpc) is 2.03. The molecule has 1 rings (SSSR count). The zero-order chi connectivity index (χ0) is 10.0. The third kappa shape index (κ3) is 2.01. The molecule has 0 atom stereocenters. The fraction of sp³-hybridized carbons (Fsp3) is 0.333. The summed E-state index contributed by atoms with van der Waals surface area (Å²) in [6.07, 6.45) is 1.97. The van der Waals surface area contributed by atoms with E-state index in [4.69, 9.17) is 0 Å². The van der Waals surface area contributed by atoms with Crippen LogP contribution in [0, 0.1) is 24.0 Å². The molecule has 0 saturated heterocycles. The van der Waals surface area contributed by atoms with Gasteiger partial charge in [0.25, 0.3) is 5.69 Å². The highest BCUT2D eigenvalue weighted by Crippen LogP contribution is 2.28. The maximum atomic E-state index is 10.5. The number of thioether (sulfide) groups is 1. The highest BCUT2D eigenvalue weighted by molar-refractivity contribution is 7.98. The van der Waals surface area contributed by atoms with Gasteiger partial charge in [0.15, 0.2) is 0 Å². The lowest BCUT2D eigenvalue weighted by Crippen LogP contribution is -1.92. The smallest absolute Gasteiger partial charge is 0.258 e. The van der Waals surface area contributed by atoms with Crippen molar-refractivity contribution in [3.05, 3.63) is 33.4 Å². The summed E-state index contributed by atoms with van der Waals surface area (Å²) in [5, 5.41) is 10.5. The molecule has 0 fully saturated rings. The number of nitro groups is 1. The van der Waals surface area contributed by atoms with Crippen molar-refractivity contribution in [2.45, 2.75) is 18.7 Å². The molecule has 4 heteroatoms. The summed E-state index contributed by atoms with van der Waals surface area (Å²) in [4.78, 5) is 11.3. The minimum Gasteiger partial charge on any atom is -0.258 e. The Morgan fingerprint density at radius 1 is 1.31 bits per heavy atom. The lowest BCUT2D eigenvalue weighted by Gasteiger charge is -2.05. The molecule has 0 amide bonds. The zero-order valence-electron chi connectivity index (χ0n) is 7.83. The molecule has 70 valence electrons. The molecule has 13 heavy (non-hydrogen) atoms. The third-order valence-electron chi connectivity index (χ3n) is 1.86. The van der Waals surface area contributed by atoms with Crippen molar-refractivity contribution in [3.63, 3.8) is 0 Å². The molecule has 0 saturated carbocycles. The van der Waals surface area contributed by atoms with E-state index in [1.54, 1.807) is 23.9 Å². The number of benzene rings is 1. The topological polar surface area (TPSA) is 43.1 Å². The molecule has 0 aliphatic rings. The lowest BCUT2D eigenvalue weighted by atomic mass is 10.1. The summed E-state index contributed by atoms with van der Waals surface area (Å²) >= 11 is 1.62. The van der Waals surface area contributed by atoms with Gasteiger partial charge in [-0.3, -0.25) is 10.1 Å². The van der Waals surface area contributed by atoms with Crippen molar-refractivity contribution in [2.24, 2.45) is 0 Å². The molecular weight excluding hydrogens is 186 g/mol. The van der Waals surface area contributed by atoms with E-state index in [0.717, 1.165) is 16.0 Å². The van der Waals surface area contributed by atoms with Crippen molar-refractivity contribution < 1.29 is 4.92 Å². The zero-order valence-corrected chi connectivity index (χ0v) is 8.64. The first-order chi connectivity index (χ1) is 6.06. The van der Waals surface area contributed by atoms with E-state index in [1.165, 1.54) is 0 Å². The lowest BCUT2D eigenvalue weighted by molar-refractivity contribution is -0.385. The Morgan fingerprint density at radius 3 is 2.08 bits per heavy atom. The predicted molar refractivity (Wildman–Crippen MR) is 54.4 cm³/mol. The number of hydrogen-bond donors (Lipinski definition) is 0. The Bertz CT molecular complexity index is 326. The van der Waals surface area contributed by atoms with E-state index in [0.29, 0.717) is 0 Å². The fourth-order valence-electron chi connectivity index (χ4n) is 1.35. The number of hydrogen-bond acceptors (Lipinski definition) is 3. The summed E-state index contributed by atoms with van der Waals surface area (Å²) in [6.45, 7) is 3.79. The molecule has 1 aromatic rings. The van der Waals surface area contributed by atoms with Gasteiger partial charge in [-0.1, -0.05) is 0 Å². The second-order valence-corrected chi connectivity index (χ2v) is 3.69. The second kappa shape index (κ2) is 3.79. The highest BCUT2D eigenvalue weighted by Gasteiger charge is 2.10. The van der Waals surface area contributed by atoms with E-state index in [-0.39, 0.29) is 10.6 Å². The number of non-ortho nitro benzene ring substituents is 1. The van der Waals surface area contributed by atoms with Crippen LogP contribution < -0.4 is 0 Å². The molecule has 0 aliphatic carbocycles. The molecule has 0 aromatic heterocycles. The number of aryl methyl sites for hydroxylation is 2. The SMILES string of the molecule is CSc1c(C)cc([N+](=O)[O-])cc1C. The van der Waals surface area contributed by atoms with E-state index in [1.807, 2.05) is 20.1 Å². The summed E-state index contributed by atoms with van der Waals surface area (Å²) in [7, 11) is 0. The van der Waals surface area contributed by atoms with Crippen LogP contribution in [-0.2, 0) is 0 Å². The van der Waals surface area contributed by atoms with Gasteiger partial charge in [-0.15, -0.1) is 11.8 Å². The van der Waals surface area contributed by atoms with E-state index < -0.39 is 0 Å². The standard InChI is InChI=1S/C9H11NO2S/c1-6-4-8(10(11)12)5-7(2)9(6)13-3/h4-5H,1-3H3. The first-order valence-corrected chi connectivity index (χ1v) is 5.08. The normalized spacial score (nSPS) is 10.1. The van der Waals surface area contributed by atoms with Crippen LogP contribution in [0.2, 0.25) is 0 Å². The van der Waals surface area contributed by atoms with Crippen LogP contribution in [0.1, 0.15) is 11.1 Å². The fourth-order valence-corrected chi connectivity index (χ4v) is 2.12. The summed E-state index contributed by atoms with van der Waals surface area (Å²) < 4.78 is 0. The highest BCUT2D eigenvalue weighted by atomic mass is 32.2. The van der Waals surface area contributed by atoms with E-state index in [9.17, 15) is 10.1 Å². The van der Waals surface area contributed by atoms with Crippen LogP contribution in [0.15, 0.2) is 17.0 Å². The Balaban J connectivity index is 3.28. The van der Waals surface area contributed by atoms with Gasteiger partial charge < -0.3 is 0 Å². The second-order valence-electron chi connectivity index (χ2n) is 2.87. The Labute approximate surface area is 81.3 Å². The average molecular weight is 197 g/mol. The molecule has 0 spiro atoms. The van der Waals surface area contributed by atoms with Gasteiger partial charge in [0.1, 0.15) is 0 Å². The van der Waals surface area contributed by atoms with Gasteiger partial charge in [-0.2, -0.15) is 0 Å². The molecule has 0 bridgehead atoms. The van der Waals surface area contributed by atoms with Crippen LogP contribution in [-0.4, -0.2) is 11.2 Å². The number of rotatable bonds is 2. The van der Waals surface area contributed by atoms with Crippen molar-refractivity contribution in [2.75, 3.05) is 6.26 Å². The largest absolute Gasteiger partial charge is 0.270 e. The van der Waals surface area contributed by atoms with Crippen molar-refractivity contribution >= 4 is 17.4 Å². The summed E-state index contributed by atoms with van der Waals surface area (Å²) in [5.74, 6) is 0. The molecule has 0 radical (unpaired) electrons. The Morgan fingerprint density at radius 2 is 1.77 bits per heavy atom. The maximum Gasteiger partial charge on any atom is 0.270 e. The van der Waals surface area contributed by atoms with E-state index in [2.05, 4.69) is 0 Å². The predicted octanol–water partition coefficient (Wildman–Crippen LogP) is 2.93. The van der Waals surface area contributed by atoms with Gasteiger partial charge in [0.2, 0.25) is 0 Å². The number of nitrogens with zero attached hydrogens (tertiary/aromatic N) is 1. The van der Waals surface area contributed by atoms with E-state index >= 15 is 0 Å². The number of nitro benzene ring substituents is 1. The molecule has 0 unspecified atom stereocenters. The third-order valence-corrected chi connectivity index (χ3v) is 2.91. The van der Waals surface area contributed by atoms with Crippen molar-refractivity contribution in [3.8, 4) is 0 Å². The van der Waals surface area contributed by atoms with Gasteiger partial charge in [-0.25, -0.2) is 0 Å². The minimum atomic E-state index is -0.357. The van der Waals surface area contributed by atoms with Crippen LogP contribution >= 0.6 is 11.8 Å². The Hall–Kier alpha value is -1.03. The maximum absolute atomic E-state index is 10.5. The van der Waals surface area contributed by atoms with Crippen molar-refractivity contribution in [1.29, 1.82) is 0 Å². The van der Waals surface area contributed by atoms with Crippen molar-refractivity contribution in [1.82, 2.24) is 0 Å². The van der Waals surface area contributed by atoms with Gasteiger partial charge in [0.05, 0.1) is 4.92 Å². The first kappa shape index (κ1) is 10.1. The summed E-state index contributed by atoms with van der Waals surface area (Å²) in [6, 6.07) is 3.22.